The Kier molecular flexibility index (Phi) is 8.40. The Labute approximate surface area is 207 Å². The Bertz CT molecular complexity index is 1030. The first-order valence-corrected chi connectivity index (χ1v) is 12.6. The van der Waals surface area contributed by atoms with Crippen molar-refractivity contribution in [3.05, 3.63) is 65.7 Å². The fourth-order valence-corrected chi connectivity index (χ4v) is 5.02. The number of likely N-dealkylation sites (tertiary alicyclic amines) is 1. The first kappa shape index (κ1) is 24.8. The minimum absolute atomic E-state index is 0.0337. The highest BCUT2D eigenvalue weighted by Crippen LogP contribution is 2.22. The second-order valence-electron chi connectivity index (χ2n) is 9.58. The first-order chi connectivity index (χ1) is 17.0. The van der Waals surface area contributed by atoms with E-state index in [2.05, 4.69) is 10.6 Å². The van der Waals surface area contributed by atoms with Gasteiger partial charge >= 0.3 is 0 Å². The molecule has 1 aliphatic heterocycles. The standard InChI is InChI=1S/C28H35N3O4/c1-20-10-5-6-14-23(20)28(34)30-25-16-8-7-15-24(25)29-27(33)21-11-9-17-31(18-21)26(32)19-35-22-12-3-2-4-13-22/h2-6,10,12-14,21,24-25H,7-9,11,15-19H2,1H3,(H,29,33)(H,30,34)/t21?,24?,25-/m1/s1. The van der Waals surface area contributed by atoms with E-state index in [1.54, 1.807) is 4.90 Å². The second kappa shape index (κ2) is 11.9. The van der Waals surface area contributed by atoms with Crippen LogP contribution in [-0.4, -0.2) is 54.4 Å². The van der Waals surface area contributed by atoms with E-state index in [1.165, 1.54) is 0 Å². The van der Waals surface area contributed by atoms with Crippen molar-refractivity contribution in [1.29, 1.82) is 0 Å². The van der Waals surface area contributed by atoms with Crippen LogP contribution in [0.5, 0.6) is 5.75 Å². The number of piperidine rings is 1. The number of amides is 3. The zero-order chi connectivity index (χ0) is 24.6. The molecule has 2 fully saturated rings. The molecule has 2 N–H and O–H groups in total. The van der Waals surface area contributed by atoms with Crippen molar-refractivity contribution < 1.29 is 19.1 Å². The molecule has 2 unspecified atom stereocenters. The average molecular weight is 478 g/mol. The Morgan fingerprint density at radius 1 is 0.886 bits per heavy atom. The van der Waals surface area contributed by atoms with Gasteiger partial charge < -0.3 is 20.3 Å². The summed E-state index contributed by atoms with van der Waals surface area (Å²) in [5, 5.41) is 6.36. The van der Waals surface area contributed by atoms with Crippen molar-refractivity contribution in [1.82, 2.24) is 15.5 Å². The lowest BCUT2D eigenvalue weighted by atomic mass is 9.88. The van der Waals surface area contributed by atoms with E-state index in [0.29, 0.717) is 24.4 Å². The summed E-state index contributed by atoms with van der Waals surface area (Å²) >= 11 is 0. The molecule has 1 heterocycles. The van der Waals surface area contributed by atoms with Crippen molar-refractivity contribution in [2.24, 2.45) is 5.92 Å². The fourth-order valence-electron chi connectivity index (χ4n) is 5.02. The van der Waals surface area contributed by atoms with E-state index in [1.807, 2.05) is 61.5 Å². The molecule has 186 valence electrons. The normalized spacial score (nSPS) is 22.2. The number of carbonyl (C=O) groups excluding carboxylic acids is 3. The Morgan fingerprint density at radius 2 is 1.57 bits per heavy atom. The van der Waals surface area contributed by atoms with Gasteiger partial charge in [-0.05, 0) is 56.4 Å². The van der Waals surface area contributed by atoms with Gasteiger partial charge in [0.25, 0.3) is 11.8 Å². The van der Waals surface area contributed by atoms with Crippen LogP contribution in [-0.2, 0) is 9.59 Å². The fraction of sp³-hybridized carbons (Fsp3) is 0.464. The predicted octanol–water partition coefficient (Wildman–Crippen LogP) is 3.47. The van der Waals surface area contributed by atoms with Gasteiger partial charge in [-0.1, -0.05) is 49.2 Å². The molecular weight excluding hydrogens is 442 g/mol. The molecule has 7 heteroatoms. The Morgan fingerprint density at radius 3 is 2.31 bits per heavy atom. The lowest BCUT2D eigenvalue weighted by Crippen LogP contribution is -2.55. The summed E-state index contributed by atoms with van der Waals surface area (Å²) in [4.78, 5) is 40.5. The number of benzene rings is 2. The number of hydrogen-bond acceptors (Lipinski definition) is 4. The summed E-state index contributed by atoms with van der Waals surface area (Å²) < 4.78 is 5.60. The largest absolute Gasteiger partial charge is 0.484 e. The zero-order valence-corrected chi connectivity index (χ0v) is 20.4. The third kappa shape index (κ3) is 6.62. The van der Waals surface area contributed by atoms with Gasteiger partial charge in [-0.2, -0.15) is 0 Å². The third-order valence-corrected chi connectivity index (χ3v) is 7.05. The van der Waals surface area contributed by atoms with Crippen LogP contribution in [0.2, 0.25) is 0 Å². The molecule has 2 aromatic rings. The highest BCUT2D eigenvalue weighted by atomic mass is 16.5. The van der Waals surface area contributed by atoms with Gasteiger partial charge in [0.15, 0.2) is 6.61 Å². The quantitative estimate of drug-likeness (QED) is 0.639. The topological polar surface area (TPSA) is 87.7 Å². The highest BCUT2D eigenvalue weighted by Gasteiger charge is 2.33. The molecule has 2 aliphatic rings. The summed E-state index contributed by atoms with van der Waals surface area (Å²) in [5.74, 6) is 0.172. The molecule has 0 radical (unpaired) electrons. The van der Waals surface area contributed by atoms with Crippen LogP contribution >= 0.6 is 0 Å². The van der Waals surface area contributed by atoms with Gasteiger partial charge in [0.2, 0.25) is 5.91 Å². The molecular formula is C28H35N3O4. The molecule has 35 heavy (non-hydrogen) atoms. The summed E-state index contributed by atoms with van der Waals surface area (Å²) in [6, 6.07) is 16.6. The molecule has 7 nitrogen and oxygen atoms in total. The maximum Gasteiger partial charge on any atom is 0.260 e. The molecule has 0 aromatic heterocycles. The number of nitrogens with one attached hydrogen (secondary N) is 2. The highest BCUT2D eigenvalue weighted by molar-refractivity contribution is 5.95. The second-order valence-corrected chi connectivity index (χ2v) is 9.58. The lowest BCUT2D eigenvalue weighted by Gasteiger charge is -2.36. The van der Waals surface area contributed by atoms with E-state index in [-0.39, 0.29) is 42.3 Å². The Balaban J connectivity index is 1.31. The summed E-state index contributed by atoms with van der Waals surface area (Å²) in [6.45, 7) is 2.93. The maximum absolute atomic E-state index is 13.2. The molecule has 0 bridgehead atoms. The molecule has 0 spiro atoms. The van der Waals surface area contributed by atoms with Gasteiger partial charge in [-0.3, -0.25) is 14.4 Å². The summed E-state index contributed by atoms with van der Waals surface area (Å²) in [6.07, 6.45) is 5.26. The number of aryl methyl sites for hydroxylation is 1. The lowest BCUT2D eigenvalue weighted by molar-refractivity contribution is -0.137. The minimum Gasteiger partial charge on any atom is -0.484 e. The van der Waals surface area contributed by atoms with E-state index < -0.39 is 0 Å². The zero-order valence-electron chi connectivity index (χ0n) is 20.4. The average Bonchev–Trinajstić information content (AvgIpc) is 2.89. The maximum atomic E-state index is 13.2. The van der Waals surface area contributed by atoms with Crippen LogP contribution in [0.15, 0.2) is 54.6 Å². The van der Waals surface area contributed by atoms with E-state index in [4.69, 9.17) is 4.74 Å². The number of carbonyl (C=O) groups is 3. The summed E-state index contributed by atoms with van der Waals surface area (Å²) in [7, 11) is 0. The van der Waals surface area contributed by atoms with Gasteiger partial charge in [0.05, 0.1) is 5.92 Å². The van der Waals surface area contributed by atoms with Crippen molar-refractivity contribution in [2.75, 3.05) is 19.7 Å². The van der Waals surface area contributed by atoms with Crippen LogP contribution in [0.25, 0.3) is 0 Å². The SMILES string of the molecule is Cc1ccccc1C(=O)N[C@@H]1CCCCC1NC(=O)C1CCCN(C(=O)COc2ccccc2)C1. The number of hydrogen-bond donors (Lipinski definition) is 2. The number of para-hydroxylation sites is 1. The molecule has 1 aliphatic carbocycles. The van der Waals surface area contributed by atoms with Crippen LogP contribution in [0, 0.1) is 12.8 Å². The predicted molar refractivity (Wildman–Crippen MR) is 134 cm³/mol. The minimum atomic E-state index is -0.251. The van der Waals surface area contributed by atoms with E-state index in [0.717, 1.165) is 44.1 Å². The number of rotatable bonds is 7. The van der Waals surface area contributed by atoms with Gasteiger partial charge in [0.1, 0.15) is 5.75 Å². The van der Waals surface area contributed by atoms with Crippen molar-refractivity contribution in [2.45, 2.75) is 57.5 Å². The van der Waals surface area contributed by atoms with Crippen molar-refractivity contribution >= 4 is 17.7 Å². The third-order valence-electron chi connectivity index (χ3n) is 7.05. The van der Waals surface area contributed by atoms with Crippen molar-refractivity contribution in [3.8, 4) is 5.75 Å². The van der Waals surface area contributed by atoms with Gasteiger partial charge in [0, 0.05) is 30.7 Å². The van der Waals surface area contributed by atoms with Crippen LogP contribution in [0.3, 0.4) is 0 Å². The van der Waals surface area contributed by atoms with E-state index >= 15 is 0 Å². The van der Waals surface area contributed by atoms with Gasteiger partial charge in [-0.15, -0.1) is 0 Å². The monoisotopic (exact) mass is 477 g/mol. The molecule has 2 aromatic carbocycles. The van der Waals surface area contributed by atoms with Crippen LogP contribution in [0.1, 0.15) is 54.4 Å². The van der Waals surface area contributed by atoms with E-state index in [9.17, 15) is 14.4 Å². The van der Waals surface area contributed by atoms with Gasteiger partial charge in [-0.25, -0.2) is 0 Å². The summed E-state index contributed by atoms with van der Waals surface area (Å²) in [5.41, 5.74) is 1.60. The smallest absolute Gasteiger partial charge is 0.260 e. The molecule has 3 atom stereocenters. The molecule has 4 rings (SSSR count). The molecule has 1 saturated heterocycles. The number of nitrogens with zero attached hydrogens (tertiary/aromatic N) is 1. The molecule has 3 amide bonds. The first-order valence-electron chi connectivity index (χ1n) is 12.6. The van der Waals surface area contributed by atoms with Crippen LogP contribution < -0.4 is 15.4 Å². The van der Waals surface area contributed by atoms with Crippen LogP contribution in [0.4, 0.5) is 0 Å². The molecule has 1 saturated carbocycles. The Hall–Kier alpha value is -3.35. The number of ether oxygens (including phenoxy) is 1. The van der Waals surface area contributed by atoms with Crippen molar-refractivity contribution in [3.63, 3.8) is 0 Å².